The molecule has 2 atom stereocenters. The number of nitrogens with zero attached hydrogens (tertiary/aromatic N) is 2. The summed E-state index contributed by atoms with van der Waals surface area (Å²) in [7, 11) is 0. The zero-order chi connectivity index (χ0) is 19.1. The predicted octanol–water partition coefficient (Wildman–Crippen LogP) is 4.66. The second-order valence-electron chi connectivity index (χ2n) is 9.16. The molecule has 2 bridgehead atoms. The van der Waals surface area contributed by atoms with Crippen molar-refractivity contribution in [2.45, 2.75) is 76.6 Å². The van der Waals surface area contributed by atoms with E-state index in [2.05, 4.69) is 33.9 Å². The predicted molar refractivity (Wildman–Crippen MR) is 112 cm³/mol. The number of benzene rings is 1. The summed E-state index contributed by atoms with van der Waals surface area (Å²) in [5, 5.41) is 1.09. The number of aromatic nitrogens is 1. The molecule has 0 N–H and O–H groups in total. The zero-order valence-corrected chi connectivity index (χ0v) is 17.0. The van der Waals surface area contributed by atoms with E-state index in [4.69, 9.17) is 4.74 Å². The van der Waals surface area contributed by atoms with Gasteiger partial charge in [-0.25, -0.2) is 0 Å². The van der Waals surface area contributed by atoms with Crippen molar-refractivity contribution in [2.24, 2.45) is 5.92 Å². The highest BCUT2D eigenvalue weighted by Crippen LogP contribution is 2.38. The highest BCUT2D eigenvalue weighted by atomic mass is 16.5. The molecule has 1 saturated carbocycles. The lowest BCUT2D eigenvalue weighted by Crippen LogP contribution is -2.46. The number of ketones is 1. The van der Waals surface area contributed by atoms with Gasteiger partial charge in [-0.2, -0.15) is 0 Å². The highest BCUT2D eigenvalue weighted by molar-refractivity contribution is 6.06. The van der Waals surface area contributed by atoms with E-state index in [1.165, 1.54) is 44.0 Å². The number of hydrogen-bond donors (Lipinski definition) is 0. The van der Waals surface area contributed by atoms with Crippen LogP contribution in [0.4, 0.5) is 0 Å². The monoisotopic (exact) mass is 380 g/mol. The fourth-order valence-corrected chi connectivity index (χ4v) is 5.42. The van der Waals surface area contributed by atoms with Gasteiger partial charge in [0.05, 0.1) is 6.10 Å². The Kier molecular flexibility index (Phi) is 5.02. The molecular formula is C24H32N2O2. The van der Waals surface area contributed by atoms with Gasteiger partial charge in [0.25, 0.3) is 0 Å². The smallest absolute Gasteiger partial charge is 0.161 e. The molecule has 1 aromatic heterocycles. The number of Topliss-reactive ketones (excluding diaryl/α,β-unsaturated/α-hetero) is 1. The Bertz CT molecular complexity index is 839. The van der Waals surface area contributed by atoms with Crippen LogP contribution in [0.3, 0.4) is 0 Å². The summed E-state index contributed by atoms with van der Waals surface area (Å²) in [6.07, 6.45) is 11.6. The Labute approximate surface area is 167 Å². The van der Waals surface area contributed by atoms with Crippen LogP contribution in [0.25, 0.3) is 10.9 Å². The Morgan fingerprint density at radius 3 is 2.54 bits per heavy atom. The third kappa shape index (κ3) is 3.65. The topological polar surface area (TPSA) is 34.5 Å². The largest absolute Gasteiger partial charge is 0.378 e. The van der Waals surface area contributed by atoms with Gasteiger partial charge in [0.15, 0.2) is 5.78 Å². The summed E-state index contributed by atoms with van der Waals surface area (Å²) >= 11 is 0. The number of ether oxygens (including phenoxy) is 1. The summed E-state index contributed by atoms with van der Waals surface area (Å²) in [6, 6.07) is 9.72. The molecule has 4 heteroatoms. The summed E-state index contributed by atoms with van der Waals surface area (Å²) in [5.74, 6) is 1.02. The lowest BCUT2D eigenvalue weighted by atomic mass is 9.99. The molecule has 5 rings (SSSR count). The maximum Gasteiger partial charge on any atom is 0.161 e. The van der Waals surface area contributed by atoms with Crippen LogP contribution in [0.5, 0.6) is 0 Å². The van der Waals surface area contributed by atoms with Gasteiger partial charge in [-0.3, -0.25) is 9.69 Å². The minimum absolute atomic E-state index is 0.154. The number of para-hydroxylation sites is 1. The van der Waals surface area contributed by atoms with Gasteiger partial charge in [-0.15, -0.1) is 0 Å². The summed E-state index contributed by atoms with van der Waals surface area (Å²) in [5.41, 5.74) is 2.03. The maximum absolute atomic E-state index is 12.0. The first kappa shape index (κ1) is 18.4. The average molecular weight is 381 g/mol. The van der Waals surface area contributed by atoms with Crippen molar-refractivity contribution >= 4 is 16.7 Å². The van der Waals surface area contributed by atoms with E-state index in [-0.39, 0.29) is 5.78 Å². The Hall–Kier alpha value is -1.65. The van der Waals surface area contributed by atoms with Crippen molar-refractivity contribution in [3.05, 3.63) is 36.0 Å². The van der Waals surface area contributed by atoms with Crippen molar-refractivity contribution in [3.63, 3.8) is 0 Å². The molecule has 1 aromatic carbocycles. The quantitative estimate of drug-likeness (QED) is 0.625. The van der Waals surface area contributed by atoms with Crippen molar-refractivity contribution in [1.29, 1.82) is 0 Å². The number of hydrogen-bond acceptors (Lipinski definition) is 3. The molecule has 3 heterocycles. The summed E-state index contributed by atoms with van der Waals surface area (Å²) in [6.45, 7) is 4.81. The molecule has 150 valence electrons. The van der Waals surface area contributed by atoms with Gasteiger partial charge in [-0.05, 0) is 63.9 Å². The average Bonchev–Trinajstić information content (AvgIpc) is 3.41. The first-order valence-electron chi connectivity index (χ1n) is 11.1. The molecule has 1 aliphatic carbocycles. The zero-order valence-electron chi connectivity index (χ0n) is 17.0. The molecule has 0 spiro atoms. The van der Waals surface area contributed by atoms with Crippen molar-refractivity contribution in [3.8, 4) is 0 Å². The van der Waals surface area contributed by atoms with Crippen molar-refractivity contribution in [2.75, 3.05) is 13.2 Å². The molecule has 0 amide bonds. The van der Waals surface area contributed by atoms with Gasteiger partial charge < -0.3 is 9.30 Å². The van der Waals surface area contributed by atoms with Crippen LogP contribution in [0.1, 0.15) is 62.2 Å². The Morgan fingerprint density at radius 2 is 1.82 bits per heavy atom. The van der Waals surface area contributed by atoms with Crippen LogP contribution in [0.2, 0.25) is 0 Å². The van der Waals surface area contributed by atoms with Crippen LogP contribution in [0, 0.1) is 5.92 Å². The molecule has 28 heavy (non-hydrogen) atoms. The number of aryl methyl sites for hydroxylation is 1. The standard InChI is InChI=1S/C24H32N2O2/c1-17(27)23-15-25(24-6-3-2-5-22(23)24)11-4-12-26-19-9-10-20(26)14-21(13-19)28-16-18-7-8-18/h2-3,5-6,15,18-21H,4,7-14,16H2,1H3. The van der Waals surface area contributed by atoms with E-state index in [1.807, 2.05) is 6.07 Å². The van der Waals surface area contributed by atoms with Gasteiger partial charge in [0.1, 0.15) is 0 Å². The van der Waals surface area contributed by atoms with E-state index in [9.17, 15) is 4.79 Å². The molecule has 0 radical (unpaired) electrons. The molecular weight excluding hydrogens is 348 g/mol. The summed E-state index contributed by atoms with van der Waals surface area (Å²) in [4.78, 5) is 14.7. The van der Waals surface area contributed by atoms with E-state index in [0.717, 1.165) is 55.1 Å². The number of fused-ring (bicyclic) bond motifs is 3. The van der Waals surface area contributed by atoms with Crippen LogP contribution in [-0.4, -0.2) is 46.6 Å². The molecule has 3 fully saturated rings. The van der Waals surface area contributed by atoms with Gasteiger partial charge >= 0.3 is 0 Å². The molecule has 2 saturated heterocycles. The lowest BCUT2D eigenvalue weighted by molar-refractivity contribution is -0.0241. The minimum atomic E-state index is 0.154. The molecule has 2 aromatic rings. The van der Waals surface area contributed by atoms with E-state index >= 15 is 0 Å². The van der Waals surface area contributed by atoms with E-state index < -0.39 is 0 Å². The van der Waals surface area contributed by atoms with Crippen LogP contribution in [0.15, 0.2) is 30.5 Å². The highest BCUT2D eigenvalue weighted by Gasteiger charge is 2.41. The second-order valence-corrected chi connectivity index (χ2v) is 9.16. The number of piperidine rings is 1. The normalized spacial score (nSPS) is 27.5. The first-order valence-corrected chi connectivity index (χ1v) is 11.1. The third-order valence-corrected chi connectivity index (χ3v) is 7.09. The number of carbonyl (C=O) groups excluding carboxylic acids is 1. The van der Waals surface area contributed by atoms with Gasteiger partial charge in [0, 0.05) is 54.4 Å². The number of rotatable bonds is 8. The number of carbonyl (C=O) groups is 1. The lowest BCUT2D eigenvalue weighted by Gasteiger charge is -2.39. The van der Waals surface area contributed by atoms with E-state index in [0.29, 0.717) is 6.10 Å². The second kappa shape index (κ2) is 7.64. The molecule has 3 aliphatic rings. The van der Waals surface area contributed by atoms with Gasteiger partial charge in [0.2, 0.25) is 0 Å². The Morgan fingerprint density at radius 1 is 1.07 bits per heavy atom. The molecule has 2 unspecified atom stereocenters. The minimum Gasteiger partial charge on any atom is -0.378 e. The SMILES string of the molecule is CC(=O)c1cn(CCCN2C3CCC2CC(OCC2CC2)C3)c2ccccc12. The first-order chi connectivity index (χ1) is 13.7. The van der Waals surface area contributed by atoms with Crippen LogP contribution >= 0.6 is 0 Å². The molecule has 4 nitrogen and oxygen atoms in total. The van der Waals surface area contributed by atoms with Crippen LogP contribution < -0.4 is 0 Å². The van der Waals surface area contributed by atoms with E-state index in [1.54, 1.807) is 6.92 Å². The Balaban J connectivity index is 1.19. The van der Waals surface area contributed by atoms with Crippen LogP contribution in [-0.2, 0) is 11.3 Å². The maximum atomic E-state index is 12.0. The fourth-order valence-electron chi connectivity index (χ4n) is 5.42. The van der Waals surface area contributed by atoms with Crippen molar-refractivity contribution < 1.29 is 9.53 Å². The van der Waals surface area contributed by atoms with Crippen molar-refractivity contribution in [1.82, 2.24) is 9.47 Å². The third-order valence-electron chi connectivity index (χ3n) is 7.09. The fraction of sp³-hybridized carbons (Fsp3) is 0.625. The van der Waals surface area contributed by atoms with Gasteiger partial charge in [-0.1, -0.05) is 18.2 Å². The molecule has 2 aliphatic heterocycles. The summed E-state index contributed by atoms with van der Waals surface area (Å²) < 4.78 is 8.50.